The molecule has 2 N–H and O–H groups in total. The van der Waals surface area contributed by atoms with E-state index in [1.165, 1.54) is 0 Å². The fourth-order valence-electron chi connectivity index (χ4n) is 2.13. The molecule has 0 radical (unpaired) electrons. The van der Waals surface area contributed by atoms with Crippen LogP contribution >= 0.6 is 0 Å². The third kappa shape index (κ3) is 5.34. The van der Waals surface area contributed by atoms with Crippen LogP contribution in [0, 0.1) is 0 Å². The van der Waals surface area contributed by atoms with E-state index in [-0.39, 0.29) is 12.1 Å². The highest BCUT2D eigenvalue weighted by molar-refractivity contribution is 4.84. The van der Waals surface area contributed by atoms with Gasteiger partial charge in [-0.15, -0.1) is 0 Å². The molecule has 0 spiro atoms. The van der Waals surface area contributed by atoms with Crippen molar-refractivity contribution >= 4 is 0 Å². The SMILES string of the molecule is CCCNC(C)(CO)CCN1CCN(C)CC1. The summed E-state index contributed by atoms with van der Waals surface area (Å²) in [6.45, 7) is 11.2. The lowest BCUT2D eigenvalue weighted by Gasteiger charge is -2.36. The zero-order valence-corrected chi connectivity index (χ0v) is 11.7. The van der Waals surface area contributed by atoms with E-state index in [9.17, 15) is 5.11 Å². The second-order valence-corrected chi connectivity index (χ2v) is 5.54. The topological polar surface area (TPSA) is 38.7 Å². The zero-order chi connectivity index (χ0) is 12.7. The minimum atomic E-state index is -0.112. The lowest BCUT2D eigenvalue weighted by Crippen LogP contribution is -2.50. The first-order chi connectivity index (χ1) is 8.09. The minimum Gasteiger partial charge on any atom is -0.394 e. The molecule has 0 amide bonds. The Hall–Kier alpha value is -0.160. The van der Waals surface area contributed by atoms with Gasteiger partial charge in [0.25, 0.3) is 0 Å². The largest absolute Gasteiger partial charge is 0.394 e. The van der Waals surface area contributed by atoms with Gasteiger partial charge in [0.05, 0.1) is 6.61 Å². The first kappa shape index (κ1) is 14.9. The summed E-state index contributed by atoms with van der Waals surface area (Å²) in [6.07, 6.45) is 2.14. The van der Waals surface area contributed by atoms with E-state index < -0.39 is 0 Å². The molecule has 0 aromatic carbocycles. The van der Waals surface area contributed by atoms with Gasteiger partial charge in [-0.2, -0.15) is 0 Å². The summed E-state index contributed by atoms with van der Waals surface area (Å²) < 4.78 is 0. The van der Waals surface area contributed by atoms with Crippen LogP contribution in [0.5, 0.6) is 0 Å². The van der Waals surface area contributed by atoms with Crippen molar-refractivity contribution in [1.29, 1.82) is 0 Å². The van der Waals surface area contributed by atoms with Crippen molar-refractivity contribution in [3.05, 3.63) is 0 Å². The van der Waals surface area contributed by atoms with Crippen molar-refractivity contribution in [3.8, 4) is 0 Å². The Balaban J connectivity index is 2.26. The molecule has 0 bridgehead atoms. The number of hydrogen-bond acceptors (Lipinski definition) is 4. The fourth-order valence-corrected chi connectivity index (χ4v) is 2.13. The van der Waals surface area contributed by atoms with Gasteiger partial charge in [0.15, 0.2) is 0 Å². The van der Waals surface area contributed by atoms with Crippen LogP contribution < -0.4 is 5.32 Å². The maximum atomic E-state index is 9.49. The smallest absolute Gasteiger partial charge is 0.0611 e. The Morgan fingerprint density at radius 1 is 1.24 bits per heavy atom. The molecule has 1 aliphatic rings. The third-order valence-electron chi connectivity index (χ3n) is 3.73. The number of likely N-dealkylation sites (N-methyl/N-ethyl adjacent to an activating group) is 1. The first-order valence-electron chi connectivity index (χ1n) is 6.86. The molecule has 1 aliphatic heterocycles. The number of nitrogens with one attached hydrogen (secondary N) is 1. The molecule has 1 rings (SSSR count). The maximum absolute atomic E-state index is 9.49. The second kappa shape index (κ2) is 7.31. The number of aliphatic hydroxyl groups excluding tert-OH is 1. The summed E-state index contributed by atoms with van der Waals surface area (Å²) in [5.74, 6) is 0. The molecule has 0 aromatic heterocycles. The van der Waals surface area contributed by atoms with E-state index in [1.807, 2.05) is 0 Å². The van der Waals surface area contributed by atoms with Crippen molar-refractivity contribution in [2.75, 3.05) is 52.9 Å². The molecule has 0 aromatic rings. The molecule has 0 aliphatic carbocycles. The van der Waals surface area contributed by atoms with E-state index in [2.05, 4.69) is 36.0 Å². The molecular formula is C13H29N3O. The number of aliphatic hydroxyl groups is 1. The van der Waals surface area contributed by atoms with Crippen molar-refractivity contribution in [2.45, 2.75) is 32.2 Å². The summed E-state index contributed by atoms with van der Waals surface area (Å²) in [4.78, 5) is 4.87. The molecule has 1 saturated heterocycles. The molecule has 4 heteroatoms. The van der Waals surface area contributed by atoms with Crippen molar-refractivity contribution < 1.29 is 5.11 Å². The lowest BCUT2D eigenvalue weighted by atomic mass is 9.98. The molecule has 102 valence electrons. The van der Waals surface area contributed by atoms with E-state index in [0.717, 1.165) is 52.1 Å². The van der Waals surface area contributed by atoms with E-state index >= 15 is 0 Å². The van der Waals surface area contributed by atoms with Crippen LogP contribution in [0.3, 0.4) is 0 Å². The molecule has 0 saturated carbocycles. The van der Waals surface area contributed by atoms with Gasteiger partial charge in [0.2, 0.25) is 0 Å². The highest BCUT2D eigenvalue weighted by atomic mass is 16.3. The normalized spacial score (nSPS) is 22.6. The van der Waals surface area contributed by atoms with Gasteiger partial charge in [0, 0.05) is 38.3 Å². The third-order valence-corrected chi connectivity index (χ3v) is 3.73. The minimum absolute atomic E-state index is 0.112. The van der Waals surface area contributed by atoms with Crippen molar-refractivity contribution in [1.82, 2.24) is 15.1 Å². The quantitative estimate of drug-likeness (QED) is 0.678. The number of nitrogens with zero attached hydrogens (tertiary/aromatic N) is 2. The Labute approximate surface area is 106 Å². The number of rotatable bonds is 7. The van der Waals surface area contributed by atoms with Crippen molar-refractivity contribution in [3.63, 3.8) is 0 Å². The van der Waals surface area contributed by atoms with Gasteiger partial charge in [-0.3, -0.25) is 0 Å². The Morgan fingerprint density at radius 3 is 2.41 bits per heavy atom. The van der Waals surface area contributed by atoms with Gasteiger partial charge in [0.1, 0.15) is 0 Å². The summed E-state index contributed by atoms with van der Waals surface area (Å²) in [6, 6.07) is 0. The summed E-state index contributed by atoms with van der Waals surface area (Å²) in [5.41, 5.74) is -0.112. The standard InChI is InChI=1S/C13H29N3O/c1-4-6-14-13(2,12-17)5-7-16-10-8-15(3)9-11-16/h14,17H,4-12H2,1-3H3. The van der Waals surface area contributed by atoms with Crippen LogP contribution in [0.15, 0.2) is 0 Å². The van der Waals surface area contributed by atoms with Gasteiger partial charge in [-0.05, 0) is 33.4 Å². The first-order valence-corrected chi connectivity index (χ1v) is 6.86. The second-order valence-electron chi connectivity index (χ2n) is 5.54. The van der Waals surface area contributed by atoms with Crippen LogP contribution in [0.25, 0.3) is 0 Å². The van der Waals surface area contributed by atoms with E-state index in [4.69, 9.17) is 0 Å². The molecule has 17 heavy (non-hydrogen) atoms. The molecule has 1 heterocycles. The maximum Gasteiger partial charge on any atom is 0.0611 e. The fraction of sp³-hybridized carbons (Fsp3) is 1.00. The Kier molecular flexibility index (Phi) is 6.41. The highest BCUT2D eigenvalue weighted by Crippen LogP contribution is 2.11. The van der Waals surface area contributed by atoms with Crippen LogP contribution in [-0.2, 0) is 0 Å². The predicted molar refractivity (Wildman–Crippen MR) is 72.3 cm³/mol. The van der Waals surface area contributed by atoms with Crippen LogP contribution in [-0.4, -0.2) is 73.4 Å². The summed E-state index contributed by atoms with van der Waals surface area (Å²) in [7, 11) is 2.18. The van der Waals surface area contributed by atoms with E-state index in [1.54, 1.807) is 0 Å². The summed E-state index contributed by atoms with van der Waals surface area (Å²) >= 11 is 0. The molecular weight excluding hydrogens is 214 g/mol. The number of hydrogen-bond donors (Lipinski definition) is 2. The Morgan fingerprint density at radius 2 is 1.88 bits per heavy atom. The van der Waals surface area contributed by atoms with Crippen molar-refractivity contribution in [2.24, 2.45) is 0 Å². The predicted octanol–water partition coefficient (Wildman–Crippen LogP) is 0.375. The zero-order valence-electron chi connectivity index (χ0n) is 11.7. The van der Waals surface area contributed by atoms with Crippen LogP contribution in [0.1, 0.15) is 26.7 Å². The molecule has 1 atom stereocenters. The van der Waals surface area contributed by atoms with Crippen LogP contribution in [0.2, 0.25) is 0 Å². The average molecular weight is 243 g/mol. The van der Waals surface area contributed by atoms with Gasteiger partial charge < -0.3 is 20.2 Å². The number of piperazine rings is 1. The molecule has 1 unspecified atom stereocenters. The highest BCUT2D eigenvalue weighted by Gasteiger charge is 2.24. The van der Waals surface area contributed by atoms with Gasteiger partial charge in [-0.25, -0.2) is 0 Å². The molecule has 1 fully saturated rings. The van der Waals surface area contributed by atoms with E-state index in [0.29, 0.717) is 0 Å². The Bertz CT molecular complexity index is 205. The molecule has 4 nitrogen and oxygen atoms in total. The van der Waals surface area contributed by atoms with Gasteiger partial charge >= 0.3 is 0 Å². The van der Waals surface area contributed by atoms with Crippen LogP contribution in [0.4, 0.5) is 0 Å². The van der Waals surface area contributed by atoms with Gasteiger partial charge in [-0.1, -0.05) is 6.92 Å². The average Bonchev–Trinajstić information content (AvgIpc) is 2.36. The lowest BCUT2D eigenvalue weighted by molar-refractivity contribution is 0.117. The summed E-state index contributed by atoms with van der Waals surface area (Å²) in [5, 5.41) is 13.0. The monoisotopic (exact) mass is 243 g/mol.